The van der Waals surface area contributed by atoms with Crippen LogP contribution < -0.4 is 10.6 Å². The molecule has 0 spiro atoms. The molecule has 0 unspecified atom stereocenters. The summed E-state index contributed by atoms with van der Waals surface area (Å²) in [6.07, 6.45) is 0. The number of hydrogen-bond donors (Lipinski definition) is 2. The Morgan fingerprint density at radius 3 is 2.22 bits per heavy atom. The molecule has 1 aromatic carbocycles. The quantitative estimate of drug-likeness (QED) is 0.874. The van der Waals surface area contributed by atoms with Gasteiger partial charge >= 0.3 is 0 Å². The van der Waals surface area contributed by atoms with Gasteiger partial charge in [0.15, 0.2) is 0 Å². The van der Waals surface area contributed by atoms with Gasteiger partial charge in [-0.05, 0) is 38.1 Å². The summed E-state index contributed by atoms with van der Waals surface area (Å²) in [7, 11) is 1.82. The van der Waals surface area contributed by atoms with Crippen LogP contribution in [-0.2, 0) is 0 Å². The lowest BCUT2D eigenvalue weighted by atomic mass is 10.2. The molecule has 0 atom stereocenters. The Morgan fingerprint density at radius 2 is 1.61 bits per heavy atom. The Kier molecular flexibility index (Phi) is 3.41. The van der Waals surface area contributed by atoms with Gasteiger partial charge in [0.1, 0.15) is 23.3 Å². The lowest BCUT2D eigenvalue weighted by molar-refractivity contribution is 0.628. The van der Waals surface area contributed by atoms with E-state index in [1.165, 1.54) is 12.1 Å². The Morgan fingerprint density at radius 1 is 1.00 bits per heavy atom. The normalized spacial score (nSPS) is 10.2. The number of halogens is 1. The highest BCUT2D eigenvalue weighted by molar-refractivity contribution is 5.64. The van der Waals surface area contributed by atoms with Crippen molar-refractivity contribution < 1.29 is 4.39 Å². The SMILES string of the molecule is CNc1nc(C)nc(Nc2ccc(F)cc2)c1C. The lowest BCUT2D eigenvalue weighted by Gasteiger charge is -2.12. The molecule has 4 nitrogen and oxygen atoms in total. The first kappa shape index (κ1) is 12.3. The van der Waals surface area contributed by atoms with E-state index in [-0.39, 0.29) is 5.82 Å². The van der Waals surface area contributed by atoms with Gasteiger partial charge in [0.25, 0.3) is 0 Å². The van der Waals surface area contributed by atoms with Gasteiger partial charge in [-0.2, -0.15) is 0 Å². The van der Waals surface area contributed by atoms with Crippen LogP contribution in [0.3, 0.4) is 0 Å². The summed E-state index contributed by atoms with van der Waals surface area (Å²) >= 11 is 0. The number of nitrogens with zero attached hydrogens (tertiary/aromatic N) is 2. The lowest BCUT2D eigenvalue weighted by Crippen LogP contribution is -2.05. The van der Waals surface area contributed by atoms with Crippen molar-refractivity contribution in [3.05, 3.63) is 41.5 Å². The van der Waals surface area contributed by atoms with Crippen LogP contribution in [0.1, 0.15) is 11.4 Å². The molecular formula is C13H15FN4. The van der Waals surface area contributed by atoms with Crippen molar-refractivity contribution in [2.45, 2.75) is 13.8 Å². The second-order valence-corrected chi connectivity index (χ2v) is 3.97. The summed E-state index contributed by atoms with van der Waals surface area (Å²) in [5, 5.41) is 6.18. The van der Waals surface area contributed by atoms with Crippen LogP contribution in [0.5, 0.6) is 0 Å². The van der Waals surface area contributed by atoms with Crippen molar-refractivity contribution in [2.75, 3.05) is 17.7 Å². The average molecular weight is 246 g/mol. The number of aromatic nitrogens is 2. The molecule has 5 heteroatoms. The third kappa shape index (κ3) is 2.56. The van der Waals surface area contributed by atoms with Gasteiger partial charge in [0.2, 0.25) is 0 Å². The van der Waals surface area contributed by atoms with Gasteiger partial charge in [0.05, 0.1) is 0 Å². The molecule has 1 heterocycles. The Balaban J connectivity index is 2.34. The van der Waals surface area contributed by atoms with Crippen molar-refractivity contribution >= 4 is 17.3 Å². The maximum absolute atomic E-state index is 12.8. The predicted molar refractivity (Wildman–Crippen MR) is 70.7 cm³/mol. The molecule has 0 bridgehead atoms. The molecule has 0 fully saturated rings. The minimum Gasteiger partial charge on any atom is -0.373 e. The van der Waals surface area contributed by atoms with Crippen LogP contribution in [0.4, 0.5) is 21.7 Å². The standard InChI is InChI=1S/C13H15FN4/c1-8-12(15-3)16-9(2)17-13(8)18-11-6-4-10(14)5-7-11/h4-7H,1-3H3,(H2,15,16,17,18). The molecule has 0 saturated heterocycles. The average Bonchev–Trinajstić information content (AvgIpc) is 2.36. The molecule has 2 N–H and O–H groups in total. The van der Waals surface area contributed by atoms with E-state index in [0.29, 0.717) is 5.82 Å². The zero-order chi connectivity index (χ0) is 13.1. The summed E-state index contributed by atoms with van der Waals surface area (Å²) in [5.74, 6) is 1.92. The molecule has 0 aliphatic rings. The van der Waals surface area contributed by atoms with E-state index < -0.39 is 0 Å². The molecule has 2 rings (SSSR count). The maximum atomic E-state index is 12.8. The largest absolute Gasteiger partial charge is 0.373 e. The fourth-order valence-electron chi connectivity index (χ4n) is 1.66. The highest BCUT2D eigenvalue weighted by atomic mass is 19.1. The molecule has 1 aromatic heterocycles. The van der Waals surface area contributed by atoms with Gasteiger partial charge in [-0.25, -0.2) is 14.4 Å². The molecule has 0 saturated carbocycles. The smallest absolute Gasteiger partial charge is 0.139 e. The number of hydrogen-bond acceptors (Lipinski definition) is 4. The fraction of sp³-hybridized carbons (Fsp3) is 0.231. The molecule has 0 radical (unpaired) electrons. The predicted octanol–water partition coefficient (Wildman–Crippen LogP) is 3.02. The zero-order valence-electron chi connectivity index (χ0n) is 10.6. The molecule has 0 amide bonds. The van der Waals surface area contributed by atoms with E-state index in [9.17, 15) is 4.39 Å². The summed E-state index contributed by atoms with van der Waals surface area (Å²) in [4.78, 5) is 8.63. The summed E-state index contributed by atoms with van der Waals surface area (Å²) in [6.45, 7) is 3.76. The highest BCUT2D eigenvalue weighted by Crippen LogP contribution is 2.23. The first-order valence-electron chi connectivity index (χ1n) is 5.65. The summed E-state index contributed by atoms with van der Waals surface area (Å²) in [5.41, 5.74) is 1.71. The van der Waals surface area contributed by atoms with E-state index in [1.54, 1.807) is 12.1 Å². The van der Waals surface area contributed by atoms with Crippen molar-refractivity contribution in [1.29, 1.82) is 0 Å². The van der Waals surface area contributed by atoms with Gasteiger partial charge < -0.3 is 10.6 Å². The number of nitrogens with one attached hydrogen (secondary N) is 2. The van der Waals surface area contributed by atoms with Crippen LogP contribution in [0.15, 0.2) is 24.3 Å². The molecule has 94 valence electrons. The van der Waals surface area contributed by atoms with Gasteiger partial charge in [-0.1, -0.05) is 0 Å². The Hall–Kier alpha value is -2.17. The topological polar surface area (TPSA) is 49.8 Å². The molecule has 0 aliphatic heterocycles. The number of benzene rings is 1. The monoisotopic (exact) mass is 246 g/mol. The van der Waals surface area contributed by atoms with Gasteiger partial charge in [-0.3, -0.25) is 0 Å². The summed E-state index contributed by atoms with van der Waals surface area (Å²) < 4.78 is 12.8. The fourth-order valence-corrected chi connectivity index (χ4v) is 1.66. The van der Waals surface area contributed by atoms with E-state index in [1.807, 2.05) is 20.9 Å². The number of anilines is 3. The number of aryl methyl sites for hydroxylation is 1. The summed E-state index contributed by atoms with van der Waals surface area (Å²) in [6, 6.07) is 6.16. The van der Waals surface area contributed by atoms with E-state index in [4.69, 9.17) is 0 Å². The van der Waals surface area contributed by atoms with Crippen molar-refractivity contribution in [3.63, 3.8) is 0 Å². The minimum atomic E-state index is -0.257. The molecule has 2 aromatic rings. The van der Waals surface area contributed by atoms with Crippen LogP contribution in [0, 0.1) is 19.7 Å². The van der Waals surface area contributed by atoms with Crippen molar-refractivity contribution in [1.82, 2.24) is 9.97 Å². The van der Waals surface area contributed by atoms with Gasteiger partial charge in [-0.15, -0.1) is 0 Å². The van der Waals surface area contributed by atoms with E-state index in [0.717, 1.165) is 22.9 Å². The zero-order valence-corrected chi connectivity index (χ0v) is 10.6. The highest BCUT2D eigenvalue weighted by Gasteiger charge is 2.08. The second-order valence-electron chi connectivity index (χ2n) is 3.97. The Labute approximate surface area is 105 Å². The minimum absolute atomic E-state index is 0.257. The van der Waals surface area contributed by atoms with Crippen molar-refractivity contribution in [2.24, 2.45) is 0 Å². The van der Waals surface area contributed by atoms with Crippen LogP contribution >= 0.6 is 0 Å². The third-order valence-corrected chi connectivity index (χ3v) is 2.60. The van der Waals surface area contributed by atoms with E-state index in [2.05, 4.69) is 20.6 Å². The van der Waals surface area contributed by atoms with E-state index >= 15 is 0 Å². The second kappa shape index (κ2) is 5.00. The maximum Gasteiger partial charge on any atom is 0.139 e. The van der Waals surface area contributed by atoms with Gasteiger partial charge in [0, 0.05) is 18.3 Å². The van der Waals surface area contributed by atoms with Crippen LogP contribution in [-0.4, -0.2) is 17.0 Å². The third-order valence-electron chi connectivity index (χ3n) is 2.60. The van der Waals surface area contributed by atoms with Crippen LogP contribution in [0.2, 0.25) is 0 Å². The number of rotatable bonds is 3. The molecule has 18 heavy (non-hydrogen) atoms. The molecular weight excluding hydrogens is 231 g/mol. The van der Waals surface area contributed by atoms with Crippen LogP contribution in [0.25, 0.3) is 0 Å². The first-order valence-corrected chi connectivity index (χ1v) is 5.65. The Bertz CT molecular complexity index is 552. The molecule has 0 aliphatic carbocycles. The first-order chi connectivity index (χ1) is 8.60. The van der Waals surface area contributed by atoms with Crippen molar-refractivity contribution in [3.8, 4) is 0 Å².